The summed E-state index contributed by atoms with van der Waals surface area (Å²) in [5, 5.41) is 0.587. The van der Waals surface area contributed by atoms with E-state index < -0.39 is 11.7 Å². The molecule has 0 radical (unpaired) electrons. The highest BCUT2D eigenvalue weighted by Crippen LogP contribution is 2.34. The summed E-state index contributed by atoms with van der Waals surface area (Å²) in [6.07, 6.45) is 0.710. The first-order chi connectivity index (χ1) is 9.55. The molecule has 0 aliphatic carbocycles. The number of piperidine rings is 1. The summed E-state index contributed by atoms with van der Waals surface area (Å²) in [5.41, 5.74) is 0.859. The van der Waals surface area contributed by atoms with E-state index >= 15 is 0 Å². The first kappa shape index (κ1) is 13.2. The third kappa shape index (κ3) is 2.44. The van der Waals surface area contributed by atoms with Crippen molar-refractivity contribution in [2.75, 3.05) is 18.0 Å². The molecule has 3 rings (SSSR count). The molecule has 106 valence electrons. The van der Waals surface area contributed by atoms with Crippen molar-refractivity contribution in [3.63, 3.8) is 0 Å². The van der Waals surface area contributed by atoms with Gasteiger partial charge in [0.15, 0.2) is 0 Å². The Kier molecular flexibility index (Phi) is 3.28. The fraction of sp³-hybridized carbons (Fsp3) is 0.400. The Morgan fingerprint density at radius 3 is 2.45 bits per heavy atom. The van der Waals surface area contributed by atoms with Crippen LogP contribution in [0, 0.1) is 0 Å². The van der Waals surface area contributed by atoms with Crippen LogP contribution in [0.5, 0.6) is 0 Å². The van der Waals surface area contributed by atoms with Crippen LogP contribution in [0.25, 0.3) is 10.9 Å². The van der Waals surface area contributed by atoms with Gasteiger partial charge < -0.3 is 4.90 Å². The van der Waals surface area contributed by atoms with Crippen LogP contribution >= 0.6 is 0 Å². The van der Waals surface area contributed by atoms with Gasteiger partial charge in [-0.1, -0.05) is 0 Å². The second-order valence-electron chi connectivity index (χ2n) is 5.11. The van der Waals surface area contributed by atoms with E-state index in [1.165, 1.54) is 18.6 Å². The van der Waals surface area contributed by atoms with Gasteiger partial charge in [0.25, 0.3) is 0 Å². The monoisotopic (exact) mass is 280 g/mol. The van der Waals surface area contributed by atoms with Gasteiger partial charge in [0.1, 0.15) is 0 Å². The van der Waals surface area contributed by atoms with Crippen molar-refractivity contribution in [1.82, 2.24) is 4.98 Å². The number of rotatable bonds is 1. The number of hydrogen-bond acceptors (Lipinski definition) is 2. The molecule has 20 heavy (non-hydrogen) atoms. The van der Waals surface area contributed by atoms with Gasteiger partial charge in [-0.05, 0) is 43.5 Å². The molecular weight excluding hydrogens is 265 g/mol. The summed E-state index contributed by atoms with van der Waals surface area (Å²) in [7, 11) is 0. The average Bonchev–Trinajstić information content (AvgIpc) is 2.46. The van der Waals surface area contributed by atoms with Crippen LogP contribution in [-0.2, 0) is 6.18 Å². The summed E-state index contributed by atoms with van der Waals surface area (Å²) < 4.78 is 38.6. The molecule has 1 aromatic heterocycles. The molecule has 1 aromatic carbocycles. The van der Waals surface area contributed by atoms with E-state index in [2.05, 4.69) is 9.88 Å². The highest BCUT2D eigenvalue weighted by Gasteiger charge is 2.31. The summed E-state index contributed by atoms with van der Waals surface area (Å²) in [6, 6.07) is 5.57. The van der Waals surface area contributed by atoms with Gasteiger partial charge in [0.2, 0.25) is 0 Å². The van der Waals surface area contributed by atoms with Crippen molar-refractivity contribution in [3.8, 4) is 0 Å². The minimum absolute atomic E-state index is 0.587. The van der Waals surface area contributed by atoms with Crippen molar-refractivity contribution >= 4 is 16.6 Å². The van der Waals surface area contributed by atoms with E-state index in [4.69, 9.17) is 0 Å². The van der Waals surface area contributed by atoms with E-state index in [0.717, 1.165) is 37.7 Å². The molecule has 0 amide bonds. The SMILES string of the molecule is FC(F)(F)c1ccc2nccc(N3CCCCC3)c2c1. The third-order valence-electron chi connectivity index (χ3n) is 3.74. The number of pyridine rings is 1. The molecule has 0 bridgehead atoms. The molecular formula is C15H15F3N2. The third-order valence-corrected chi connectivity index (χ3v) is 3.74. The predicted octanol–water partition coefficient (Wildman–Crippen LogP) is 4.24. The van der Waals surface area contributed by atoms with Gasteiger partial charge >= 0.3 is 6.18 Å². The van der Waals surface area contributed by atoms with Crippen LogP contribution in [0.3, 0.4) is 0 Å². The molecule has 0 saturated carbocycles. The molecule has 2 aromatic rings. The number of hydrogen-bond donors (Lipinski definition) is 0. The first-order valence-electron chi connectivity index (χ1n) is 6.76. The van der Waals surface area contributed by atoms with E-state index in [-0.39, 0.29) is 0 Å². The molecule has 2 heterocycles. The van der Waals surface area contributed by atoms with Gasteiger partial charge in [-0.3, -0.25) is 4.98 Å². The maximum absolute atomic E-state index is 12.9. The molecule has 1 fully saturated rings. The van der Waals surface area contributed by atoms with E-state index in [9.17, 15) is 13.2 Å². The van der Waals surface area contributed by atoms with Crippen LogP contribution in [0.4, 0.5) is 18.9 Å². The van der Waals surface area contributed by atoms with Gasteiger partial charge in [-0.15, -0.1) is 0 Å². The molecule has 1 aliphatic heterocycles. The minimum atomic E-state index is -4.32. The number of nitrogens with zero attached hydrogens (tertiary/aromatic N) is 2. The van der Waals surface area contributed by atoms with Crippen molar-refractivity contribution in [2.24, 2.45) is 0 Å². The number of alkyl halides is 3. The topological polar surface area (TPSA) is 16.1 Å². The zero-order valence-electron chi connectivity index (χ0n) is 11.0. The maximum atomic E-state index is 12.9. The lowest BCUT2D eigenvalue weighted by molar-refractivity contribution is -0.137. The Morgan fingerprint density at radius 1 is 1.00 bits per heavy atom. The molecule has 0 atom stereocenters. The van der Waals surface area contributed by atoms with Gasteiger partial charge in [0.05, 0.1) is 11.1 Å². The van der Waals surface area contributed by atoms with Crippen molar-refractivity contribution in [1.29, 1.82) is 0 Å². The Morgan fingerprint density at radius 2 is 1.75 bits per heavy atom. The van der Waals surface area contributed by atoms with Gasteiger partial charge in [0, 0.05) is 30.4 Å². The Balaban J connectivity index is 2.11. The molecule has 0 unspecified atom stereocenters. The number of halogens is 3. The standard InChI is InChI=1S/C15H15F3N2/c16-15(17,18)11-4-5-13-12(10-11)14(6-7-19-13)20-8-2-1-3-9-20/h4-7,10H,1-3,8-9H2. The van der Waals surface area contributed by atoms with Crippen molar-refractivity contribution in [3.05, 3.63) is 36.0 Å². The largest absolute Gasteiger partial charge is 0.416 e. The number of aromatic nitrogens is 1. The second kappa shape index (κ2) is 4.96. The number of benzene rings is 1. The second-order valence-corrected chi connectivity index (χ2v) is 5.11. The van der Waals surface area contributed by atoms with Crippen LogP contribution in [-0.4, -0.2) is 18.1 Å². The van der Waals surface area contributed by atoms with Crippen LogP contribution in [0.2, 0.25) is 0 Å². The quantitative estimate of drug-likeness (QED) is 0.776. The molecule has 0 spiro atoms. The van der Waals surface area contributed by atoms with Gasteiger partial charge in [-0.2, -0.15) is 13.2 Å². The molecule has 1 saturated heterocycles. The van der Waals surface area contributed by atoms with Crippen molar-refractivity contribution < 1.29 is 13.2 Å². The molecule has 0 N–H and O–H groups in total. The zero-order valence-corrected chi connectivity index (χ0v) is 11.0. The summed E-state index contributed by atoms with van der Waals surface area (Å²) in [6.45, 7) is 1.80. The Bertz CT molecular complexity index is 616. The zero-order chi connectivity index (χ0) is 14.2. The van der Waals surface area contributed by atoms with Crippen LogP contribution in [0.15, 0.2) is 30.5 Å². The van der Waals surface area contributed by atoms with E-state index in [1.54, 1.807) is 6.20 Å². The van der Waals surface area contributed by atoms with E-state index in [0.29, 0.717) is 10.9 Å². The van der Waals surface area contributed by atoms with Gasteiger partial charge in [-0.25, -0.2) is 0 Å². The normalized spacial score (nSPS) is 16.6. The summed E-state index contributed by atoms with van der Waals surface area (Å²) in [4.78, 5) is 6.33. The van der Waals surface area contributed by atoms with Crippen LogP contribution in [0.1, 0.15) is 24.8 Å². The molecule has 2 nitrogen and oxygen atoms in total. The number of fused-ring (bicyclic) bond motifs is 1. The van der Waals surface area contributed by atoms with E-state index in [1.807, 2.05) is 6.07 Å². The average molecular weight is 280 g/mol. The Hall–Kier alpha value is -1.78. The lowest BCUT2D eigenvalue weighted by Gasteiger charge is -2.29. The predicted molar refractivity (Wildman–Crippen MR) is 72.8 cm³/mol. The lowest BCUT2D eigenvalue weighted by atomic mass is 10.1. The highest BCUT2D eigenvalue weighted by atomic mass is 19.4. The maximum Gasteiger partial charge on any atom is 0.416 e. The van der Waals surface area contributed by atoms with Crippen molar-refractivity contribution in [2.45, 2.75) is 25.4 Å². The first-order valence-corrected chi connectivity index (χ1v) is 6.76. The number of anilines is 1. The highest BCUT2D eigenvalue weighted by molar-refractivity contribution is 5.92. The molecule has 1 aliphatic rings. The lowest BCUT2D eigenvalue weighted by Crippen LogP contribution is -2.29. The Labute approximate surface area is 115 Å². The molecule has 5 heteroatoms. The van der Waals surface area contributed by atoms with Crippen LogP contribution < -0.4 is 4.90 Å². The fourth-order valence-electron chi connectivity index (χ4n) is 2.72. The smallest absolute Gasteiger partial charge is 0.371 e. The summed E-state index contributed by atoms with van der Waals surface area (Å²) >= 11 is 0. The minimum Gasteiger partial charge on any atom is -0.371 e. The fourth-order valence-corrected chi connectivity index (χ4v) is 2.72. The summed E-state index contributed by atoms with van der Waals surface area (Å²) in [5.74, 6) is 0.